The molecule has 1 aromatic carbocycles. The molecule has 1 N–H and O–H groups in total. The van der Waals surface area contributed by atoms with Crippen molar-refractivity contribution in [2.24, 2.45) is 0 Å². The predicted molar refractivity (Wildman–Crippen MR) is 66.6 cm³/mol. The first-order chi connectivity index (χ1) is 8.77. The summed E-state index contributed by atoms with van der Waals surface area (Å²) >= 11 is 0. The standard InChI is InChI=1S/C14H15NO3/c1-2-9-15(14(17)18-10-16)13-8-7-11-5-3-4-6-12(11)13/h1,3-6,13,16H,7-10H2/t13-/m1/s1. The Morgan fingerprint density at radius 3 is 3.06 bits per heavy atom. The van der Waals surface area contributed by atoms with Crippen molar-refractivity contribution in [2.75, 3.05) is 13.3 Å². The number of rotatable bonds is 3. The van der Waals surface area contributed by atoms with Crippen molar-refractivity contribution >= 4 is 6.09 Å². The van der Waals surface area contributed by atoms with E-state index in [4.69, 9.17) is 11.5 Å². The van der Waals surface area contributed by atoms with Gasteiger partial charge in [-0.25, -0.2) is 4.79 Å². The van der Waals surface area contributed by atoms with Gasteiger partial charge in [-0.1, -0.05) is 30.2 Å². The van der Waals surface area contributed by atoms with E-state index in [0.717, 1.165) is 18.4 Å². The van der Waals surface area contributed by atoms with Crippen LogP contribution in [0, 0.1) is 12.3 Å². The van der Waals surface area contributed by atoms with Gasteiger partial charge in [0.15, 0.2) is 6.79 Å². The summed E-state index contributed by atoms with van der Waals surface area (Å²) in [5.41, 5.74) is 2.35. The third kappa shape index (κ3) is 2.31. The van der Waals surface area contributed by atoms with E-state index in [1.165, 1.54) is 10.5 Å². The van der Waals surface area contributed by atoms with Gasteiger partial charge in [0, 0.05) is 0 Å². The van der Waals surface area contributed by atoms with Crippen molar-refractivity contribution in [3.05, 3.63) is 35.4 Å². The molecule has 1 aromatic rings. The number of nitrogens with zero attached hydrogens (tertiary/aromatic N) is 1. The largest absolute Gasteiger partial charge is 0.422 e. The zero-order chi connectivity index (χ0) is 13.0. The summed E-state index contributed by atoms with van der Waals surface area (Å²) in [4.78, 5) is 13.3. The van der Waals surface area contributed by atoms with E-state index in [1.807, 2.05) is 18.2 Å². The number of aliphatic hydroxyl groups is 1. The second-order valence-corrected chi connectivity index (χ2v) is 4.12. The summed E-state index contributed by atoms with van der Waals surface area (Å²) in [5.74, 6) is 2.46. The second-order valence-electron chi connectivity index (χ2n) is 4.12. The Morgan fingerprint density at radius 1 is 1.56 bits per heavy atom. The molecular weight excluding hydrogens is 230 g/mol. The molecule has 4 nitrogen and oxygen atoms in total. The zero-order valence-corrected chi connectivity index (χ0v) is 10.0. The number of ether oxygens (including phenoxy) is 1. The number of benzene rings is 1. The van der Waals surface area contributed by atoms with E-state index in [0.29, 0.717) is 0 Å². The highest BCUT2D eigenvalue weighted by molar-refractivity contribution is 5.69. The minimum Gasteiger partial charge on any atom is -0.422 e. The number of amides is 1. The summed E-state index contributed by atoms with van der Waals surface area (Å²) in [7, 11) is 0. The molecule has 0 unspecified atom stereocenters. The van der Waals surface area contributed by atoms with E-state index in [9.17, 15) is 4.79 Å². The maximum Gasteiger partial charge on any atom is 0.413 e. The SMILES string of the molecule is C#CCN(C(=O)OCO)[C@@H]1CCc2ccccc21. The lowest BCUT2D eigenvalue weighted by molar-refractivity contribution is 0.0172. The molecule has 1 amide bonds. The van der Waals surface area contributed by atoms with Gasteiger partial charge in [0.05, 0.1) is 12.6 Å². The van der Waals surface area contributed by atoms with Crippen LogP contribution in [0.4, 0.5) is 4.79 Å². The van der Waals surface area contributed by atoms with Crippen LogP contribution in [0.3, 0.4) is 0 Å². The van der Waals surface area contributed by atoms with Gasteiger partial charge in [0.1, 0.15) is 0 Å². The second kappa shape index (κ2) is 5.56. The molecule has 0 aliphatic heterocycles. The Balaban J connectivity index is 2.23. The predicted octanol–water partition coefficient (Wildman–Crippen LogP) is 1.70. The van der Waals surface area contributed by atoms with Crippen LogP contribution in [0.1, 0.15) is 23.6 Å². The first-order valence-electron chi connectivity index (χ1n) is 5.83. The maximum absolute atomic E-state index is 11.8. The van der Waals surface area contributed by atoms with Gasteiger partial charge in [-0.05, 0) is 24.0 Å². The highest BCUT2D eigenvalue weighted by Crippen LogP contribution is 2.35. The van der Waals surface area contributed by atoms with Crippen LogP contribution < -0.4 is 0 Å². The van der Waals surface area contributed by atoms with E-state index in [2.05, 4.69) is 16.7 Å². The molecule has 1 atom stereocenters. The van der Waals surface area contributed by atoms with E-state index in [1.54, 1.807) is 0 Å². The summed E-state index contributed by atoms with van der Waals surface area (Å²) in [6.07, 6.45) is 6.48. The van der Waals surface area contributed by atoms with E-state index >= 15 is 0 Å². The molecule has 0 heterocycles. The van der Waals surface area contributed by atoms with Gasteiger partial charge in [-0.2, -0.15) is 0 Å². The molecule has 0 saturated heterocycles. The summed E-state index contributed by atoms with van der Waals surface area (Å²) in [6, 6.07) is 7.93. The van der Waals surface area contributed by atoms with E-state index in [-0.39, 0.29) is 12.6 Å². The molecule has 94 valence electrons. The topological polar surface area (TPSA) is 49.8 Å². The lowest BCUT2D eigenvalue weighted by Gasteiger charge is -2.26. The summed E-state index contributed by atoms with van der Waals surface area (Å²) in [5, 5.41) is 8.67. The average Bonchev–Trinajstić information content (AvgIpc) is 2.80. The number of carbonyl (C=O) groups is 1. The smallest absolute Gasteiger partial charge is 0.413 e. The van der Waals surface area contributed by atoms with Gasteiger partial charge in [-0.3, -0.25) is 4.90 Å². The Hall–Kier alpha value is -1.99. The fourth-order valence-corrected chi connectivity index (χ4v) is 2.40. The average molecular weight is 245 g/mol. The van der Waals surface area contributed by atoms with Crippen LogP contribution in [0.5, 0.6) is 0 Å². The Kier molecular flexibility index (Phi) is 3.85. The Morgan fingerprint density at radius 2 is 2.33 bits per heavy atom. The monoisotopic (exact) mass is 245 g/mol. The summed E-state index contributed by atoms with van der Waals surface area (Å²) < 4.78 is 4.63. The fourth-order valence-electron chi connectivity index (χ4n) is 2.40. The van der Waals surface area contributed by atoms with Gasteiger partial charge in [0.25, 0.3) is 0 Å². The molecule has 18 heavy (non-hydrogen) atoms. The Labute approximate surface area is 106 Å². The molecule has 0 aromatic heterocycles. The van der Waals surface area contributed by atoms with Crippen molar-refractivity contribution in [3.63, 3.8) is 0 Å². The van der Waals surface area contributed by atoms with Gasteiger partial charge in [-0.15, -0.1) is 6.42 Å². The van der Waals surface area contributed by atoms with Crippen molar-refractivity contribution in [1.29, 1.82) is 0 Å². The molecule has 0 fully saturated rings. The number of aryl methyl sites for hydroxylation is 1. The highest BCUT2D eigenvalue weighted by Gasteiger charge is 2.31. The quantitative estimate of drug-likeness (QED) is 0.651. The first kappa shape index (κ1) is 12.5. The maximum atomic E-state index is 11.8. The molecule has 0 radical (unpaired) electrons. The van der Waals surface area contributed by atoms with Crippen LogP contribution >= 0.6 is 0 Å². The minimum absolute atomic E-state index is 0.0590. The highest BCUT2D eigenvalue weighted by atomic mass is 16.6. The Bertz CT molecular complexity index is 478. The number of hydrogen-bond donors (Lipinski definition) is 1. The van der Waals surface area contributed by atoms with Crippen LogP contribution in [-0.4, -0.2) is 29.4 Å². The van der Waals surface area contributed by atoms with Gasteiger partial charge in [0.2, 0.25) is 0 Å². The number of terminal acetylenes is 1. The molecule has 2 rings (SSSR count). The van der Waals surface area contributed by atoms with E-state index < -0.39 is 12.9 Å². The normalized spacial score (nSPS) is 16.8. The minimum atomic E-state index is -0.631. The summed E-state index contributed by atoms with van der Waals surface area (Å²) in [6.45, 7) is -0.452. The van der Waals surface area contributed by atoms with Gasteiger partial charge < -0.3 is 9.84 Å². The fraction of sp³-hybridized carbons (Fsp3) is 0.357. The van der Waals surface area contributed by atoms with Crippen LogP contribution in [0.15, 0.2) is 24.3 Å². The van der Waals surface area contributed by atoms with Crippen LogP contribution in [-0.2, 0) is 11.2 Å². The molecule has 1 aliphatic rings. The third-order valence-electron chi connectivity index (χ3n) is 3.16. The molecular formula is C14H15NO3. The number of hydrogen-bond acceptors (Lipinski definition) is 3. The number of aliphatic hydroxyl groups excluding tert-OH is 1. The van der Waals surface area contributed by atoms with Crippen molar-refractivity contribution in [2.45, 2.75) is 18.9 Å². The van der Waals surface area contributed by atoms with Crippen molar-refractivity contribution < 1.29 is 14.6 Å². The number of fused-ring (bicyclic) bond motifs is 1. The third-order valence-corrected chi connectivity index (χ3v) is 3.16. The van der Waals surface area contributed by atoms with Gasteiger partial charge >= 0.3 is 6.09 Å². The first-order valence-corrected chi connectivity index (χ1v) is 5.83. The molecule has 0 spiro atoms. The zero-order valence-electron chi connectivity index (χ0n) is 10.0. The van der Waals surface area contributed by atoms with Crippen LogP contribution in [0.25, 0.3) is 0 Å². The lowest BCUT2D eigenvalue weighted by Crippen LogP contribution is -2.35. The molecule has 0 bridgehead atoms. The lowest BCUT2D eigenvalue weighted by atomic mass is 10.1. The van der Waals surface area contributed by atoms with Crippen LogP contribution in [0.2, 0.25) is 0 Å². The number of carbonyl (C=O) groups excluding carboxylic acids is 1. The molecule has 0 saturated carbocycles. The van der Waals surface area contributed by atoms with Crippen molar-refractivity contribution in [3.8, 4) is 12.3 Å². The molecule has 1 aliphatic carbocycles. The molecule has 4 heteroatoms. The van der Waals surface area contributed by atoms with Crippen molar-refractivity contribution in [1.82, 2.24) is 4.90 Å².